The smallest absolute Gasteiger partial charge is 0.268 e. The standard InChI is InChI=1S/C35H71N2O6P/c1-6-8-10-12-14-16-17-18-19-21-22-24-26-28-34(38)33(32-43-44(40,41)42-31-30-37(3,4)5)36-35(39)29-27-25-23-20-15-13-11-9-7-2/h19,21,33-34,38H,6-18,20,22-32H2,1-5H3,(H-,36,39,40,41)/b21-19+/t33-,34+/m0/s1. The van der Waals surface area contributed by atoms with Crippen molar-refractivity contribution in [2.24, 2.45) is 0 Å². The average Bonchev–Trinajstić information content (AvgIpc) is 2.95. The van der Waals surface area contributed by atoms with Gasteiger partial charge in [0.2, 0.25) is 5.91 Å². The number of nitrogens with one attached hydrogen (secondary N) is 1. The Kier molecular flexibility index (Phi) is 28.0. The van der Waals surface area contributed by atoms with E-state index in [0.29, 0.717) is 23.9 Å². The van der Waals surface area contributed by atoms with Crippen LogP contribution in [0.1, 0.15) is 155 Å². The summed E-state index contributed by atoms with van der Waals surface area (Å²) in [7, 11) is 1.29. The summed E-state index contributed by atoms with van der Waals surface area (Å²) in [5.41, 5.74) is 0. The van der Waals surface area contributed by atoms with Crippen LogP contribution in [-0.4, -0.2) is 68.5 Å². The highest BCUT2D eigenvalue weighted by molar-refractivity contribution is 7.45. The predicted octanol–water partition coefficient (Wildman–Crippen LogP) is 8.22. The zero-order valence-electron chi connectivity index (χ0n) is 29.4. The summed E-state index contributed by atoms with van der Waals surface area (Å²) >= 11 is 0. The second-order valence-electron chi connectivity index (χ2n) is 13.6. The normalized spacial score (nSPS) is 15.0. The van der Waals surface area contributed by atoms with E-state index in [9.17, 15) is 19.4 Å². The zero-order chi connectivity index (χ0) is 32.9. The number of aliphatic hydroxyl groups excluding tert-OH is 1. The lowest BCUT2D eigenvalue weighted by molar-refractivity contribution is -0.870. The van der Waals surface area contributed by atoms with Gasteiger partial charge in [0.25, 0.3) is 7.82 Å². The van der Waals surface area contributed by atoms with Crippen LogP contribution < -0.4 is 10.2 Å². The van der Waals surface area contributed by atoms with Crippen molar-refractivity contribution in [2.45, 2.75) is 167 Å². The van der Waals surface area contributed by atoms with Gasteiger partial charge in [0.1, 0.15) is 13.2 Å². The zero-order valence-corrected chi connectivity index (χ0v) is 30.3. The lowest BCUT2D eigenvalue weighted by Gasteiger charge is -2.30. The predicted molar refractivity (Wildman–Crippen MR) is 182 cm³/mol. The number of unbranched alkanes of at least 4 members (excludes halogenated alkanes) is 17. The van der Waals surface area contributed by atoms with Crippen LogP contribution in [0.3, 0.4) is 0 Å². The molecule has 3 atom stereocenters. The number of hydrogen-bond donors (Lipinski definition) is 2. The van der Waals surface area contributed by atoms with Gasteiger partial charge in [-0.15, -0.1) is 0 Å². The first kappa shape index (κ1) is 43.2. The molecular formula is C35H71N2O6P. The molecule has 0 aromatic rings. The number of phosphoric ester groups is 1. The summed E-state index contributed by atoms with van der Waals surface area (Å²) in [6, 6.07) is -0.807. The number of amides is 1. The summed E-state index contributed by atoms with van der Waals surface area (Å²) in [6.07, 6.45) is 27.9. The summed E-state index contributed by atoms with van der Waals surface area (Å²) < 4.78 is 23.1. The van der Waals surface area contributed by atoms with Crippen molar-refractivity contribution in [1.82, 2.24) is 5.32 Å². The molecule has 0 bridgehead atoms. The molecule has 0 saturated carbocycles. The Labute approximate surface area is 272 Å². The minimum Gasteiger partial charge on any atom is -0.756 e. The number of carbonyl (C=O) groups is 1. The van der Waals surface area contributed by atoms with Crippen molar-refractivity contribution >= 4 is 13.7 Å². The quantitative estimate of drug-likeness (QED) is 0.0330. The van der Waals surface area contributed by atoms with Crippen LogP contribution in [0.25, 0.3) is 0 Å². The third kappa shape index (κ3) is 29.9. The van der Waals surface area contributed by atoms with E-state index >= 15 is 0 Å². The molecule has 262 valence electrons. The molecule has 0 spiro atoms. The van der Waals surface area contributed by atoms with E-state index in [2.05, 4.69) is 31.3 Å². The van der Waals surface area contributed by atoms with Crippen LogP contribution in [0.5, 0.6) is 0 Å². The maximum atomic E-state index is 12.7. The number of carbonyl (C=O) groups excluding carboxylic acids is 1. The van der Waals surface area contributed by atoms with Crippen molar-refractivity contribution in [3.05, 3.63) is 12.2 Å². The van der Waals surface area contributed by atoms with Crippen LogP contribution in [0.4, 0.5) is 0 Å². The van der Waals surface area contributed by atoms with E-state index in [1.165, 1.54) is 83.5 Å². The second-order valence-corrected chi connectivity index (χ2v) is 15.0. The van der Waals surface area contributed by atoms with Gasteiger partial charge >= 0.3 is 0 Å². The van der Waals surface area contributed by atoms with Crippen LogP contribution in [0, 0.1) is 0 Å². The van der Waals surface area contributed by atoms with Crippen LogP contribution in [0.15, 0.2) is 12.2 Å². The number of likely N-dealkylation sites (N-methyl/N-ethyl adjacent to an activating group) is 1. The lowest BCUT2D eigenvalue weighted by atomic mass is 10.0. The highest BCUT2D eigenvalue weighted by Crippen LogP contribution is 2.38. The van der Waals surface area contributed by atoms with Gasteiger partial charge in [-0.05, 0) is 38.5 Å². The maximum Gasteiger partial charge on any atom is 0.268 e. The fourth-order valence-electron chi connectivity index (χ4n) is 5.03. The molecule has 1 unspecified atom stereocenters. The largest absolute Gasteiger partial charge is 0.756 e. The van der Waals surface area contributed by atoms with Crippen molar-refractivity contribution < 1.29 is 32.9 Å². The van der Waals surface area contributed by atoms with Crippen LogP contribution >= 0.6 is 7.82 Å². The molecule has 44 heavy (non-hydrogen) atoms. The molecule has 2 N–H and O–H groups in total. The molecule has 0 aromatic carbocycles. The van der Waals surface area contributed by atoms with E-state index in [-0.39, 0.29) is 19.1 Å². The van der Waals surface area contributed by atoms with E-state index in [1.54, 1.807) is 0 Å². The van der Waals surface area contributed by atoms with Gasteiger partial charge in [0.15, 0.2) is 0 Å². The van der Waals surface area contributed by atoms with Crippen molar-refractivity contribution in [3.63, 3.8) is 0 Å². The minimum atomic E-state index is -4.55. The summed E-state index contributed by atoms with van der Waals surface area (Å²) in [6.45, 7) is 4.64. The highest BCUT2D eigenvalue weighted by Gasteiger charge is 2.24. The van der Waals surface area contributed by atoms with Gasteiger partial charge in [0.05, 0.1) is 39.9 Å². The lowest BCUT2D eigenvalue weighted by Crippen LogP contribution is -2.46. The molecule has 8 nitrogen and oxygen atoms in total. The molecule has 0 aliphatic carbocycles. The molecular weight excluding hydrogens is 575 g/mol. The van der Waals surface area contributed by atoms with Crippen molar-refractivity contribution in [1.29, 1.82) is 0 Å². The fourth-order valence-corrected chi connectivity index (χ4v) is 5.75. The Hall–Kier alpha value is -0.760. The number of hydrogen-bond acceptors (Lipinski definition) is 6. The number of phosphoric acid groups is 1. The van der Waals surface area contributed by atoms with E-state index < -0.39 is 20.0 Å². The van der Waals surface area contributed by atoms with Gasteiger partial charge in [-0.3, -0.25) is 9.36 Å². The van der Waals surface area contributed by atoms with E-state index in [1.807, 2.05) is 21.1 Å². The van der Waals surface area contributed by atoms with Gasteiger partial charge in [-0.1, -0.05) is 122 Å². The molecule has 9 heteroatoms. The first-order valence-corrected chi connectivity index (χ1v) is 19.5. The molecule has 0 radical (unpaired) electrons. The monoisotopic (exact) mass is 647 g/mol. The highest BCUT2D eigenvalue weighted by atomic mass is 31.2. The Morgan fingerprint density at radius 1 is 0.773 bits per heavy atom. The summed E-state index contributed by atoms with van der Waals surface area (Å²) in [4.78, 5) is 25.0. The van der Waals surface area contributed by atoms with Crippen molar-refractivity contribution in [3.8, 4) is 0 Å². The van der Waals surface area contributed by atoms with Gasteiger partial charge in [-0.25, -0.2) is 0 Å². The fraction of sp³-hybridized carbons (Fsp3) is 0.914. The third-order valence-corrected chi connectivity index (χ3v) is 8.97. The molecule has 0 saturated heterocycles. The molecule has 0 heterocycles. The molecule has 0 aliphatic rings. The number of nitrogens with zero attached hydrogens (tertiary/aromatic N) is 1. The topological polar surface area (TPSA) is 108 Å². The maximum absolute atomic E-state index is 12.7. The molecule has 0 aliphatic heterocycles. The second kappa shape index (κ2) is 28.5. The molecule has 0 aromatic heterocycles. The summed E-state index contributed by atoms with van der Waals surface area (Å²) in [5.74, 6) is -0.180. The number of quaternary nitrogens is 1. The van der Waals surface area contributed by atoms with E-state index in [4.69, 9.17) is 9.05 Å². The first-order valence-electron chi connectivity index (χ1n) is 18.0. The van der Waals surface area contributed by atoms with Crippen LogP contribution in [0.2, 0.25) is 0 Å². The van der Waals surface area contributed by atoms with Crippen LogP contribution in [-0.2, 0) is 18.4 Å². The average molecular weight is 647 g/mol. The SMILES string of the molecule is CCCCCCCCC/C=C/CCCC[C@@H](O)[C@H](COP(=O)([O-])OCC[N+](C)(C)C)NC(=O)CCCCCCCCCCC. The number of allylic oxidation sites excluding steroid dienone is 2. The Morgan fingerprint density at radius 3 is 1.77 bits per heavy atom. The Bertz CT molecular complexity index is 743. The minimum absolute atomic E-state index is 0.00887. The Balaban J connectivity index is 4.55. The Morgan fingerprint density at radius 2 is 1.25 bits per heavy atom. The molecule has 0 rings (SSSR count). The van der Waals surface area contributed by atoms with Gasteiger partial charge in [-0.2, -0.15) is 0 Å². The summed E-state index contributed by atoms with van der Waals surface area (Å²) in [5, 5.41) is 13.7. The first-order chi connectivity index (χ1) is 21.0. The number of aliphatic hydroxyl groups is 1. The molecule has 0 fully saturated rings. The number of rotatable bonds is 32. The van der Waals surface area contributed by atoms with Gasteiger partial charge in [0, 0.05) is 6.42 Å². The van der Waals surface area contributed by atoms with Crippen molar-refractivity contribution in [2.75, 3.05) is 40.9 Å². The van der Waals surface area contributed by atoms with E-state index in [0.717, 1.165) is 44.9 Å². The third-order valence-electron chi connectivity index (χ3n) is 8.00. The van der Waals surface area contributed by atoms with Gasteiger partial charge < -0.3 is 28.8 Å². The molecule has 1 amide bonds.